The van der Waals surface area contributed by atoms with Crippen LogP contribution in [0.5, 0.6) is 0 Å². The van der Waals surface area contributed by atoms with E-state index in [9.17, 15) is 4.79 Å². The van der Waals surface area contributed by atoms with Gasteiger partial charge in [0.05, 0.1) is 5.75 Å². The van der Waals surface area contributed by atoms with Gasteiger partial charge in [0.15, 0.2) is 5.76 Å². The molecule has 1 heterocycles. The normalized spacial score (nSPS) is 11.0. The molecule has 0 atom stereocenters. The van der Waals surface area contributed by atoms with Gasteiger partial charge in [-0.1, -0.05) is 103 Å². The maximum absolute atomic E-state index is 13.0. The number of thioether (sulfide) groups is 1. The molecule has 5 heteroatoms. The third-order valence-electron chi connectivity index (χ3n) is 5.15. The summed E-state index contributed by atoms with van der Waals surface area (Å²) in [6, 6.07) is 30.1. The summed E-state index contributed by atoms with van der Waals surface area (Å²) in [6.45, 7) is 4.67. The van der Waals surface area contributed by atoms with E-state index in [2.05, 4.69) is 0 Å². The molecule has 0 spiro atoms. The first kappa shape index (κ1) is 21.9. The Kier molecular flexibility index (Phi) is 7.07. The number of aromatic nitrogens is 1. The van der Waals surface area contributed by atoms with Gasteiger partial charge in [-0.2, -0.15) is 0 Å². The average molecular weight is 443 g/mol. The molecule has 0 radical (unpaired) electrons. The lowest BCUT2D eigenvalue weighted by molar-refractivity contribution is -0.130. The first-order valence-corrected chi connectivity index (χ1v) is 11.7. The molecule has 0 bridgehead atoms. The molecule has 0 aliphatic carbocycles. The maximum Gasteiger partial charge on any atom is 0.257 e. The largest absolute Gasteiger partial charge is 0.431 e. The summed E-state index contributed by atoms with van der Waals surface area (Å²) in [5.74, 6) is 1.06. The van der Waals surface area contributed by atoms with Crippen LogP contribution in [0.1, 0.15) is 19.4 Å². The summed E-state index contributed by atoms with van der Waals surface area (Å²) < 4.78 is 6.15. The Morgan fingerprint density at radius 3 is 2.03 bits per heavy atom. The summed E-state index contributed by atoms with van der Waals surface area (Å²) in [4.78, 5) is 19.7. The average Bonchev–Trinajstić information content (AvgIpc) is 3.27. The third-order valence-corrected chi connectivity index (χ3v) is 5.96. The van der Waals surface area contributed by atoms with Crippen LogP contribution in [0.25, 0.3) is 22.6 Å². The van der Waals surface area contributed by atoms with E-state index in [1.54, 1.807) is 0 Å². The second-order valence-corrected chi connectivity index (χ2v) is 8.71. The van der Waals surface area contributed by atoms with Crippen LogP contribution < -0.4 is 0 Å². The van der Waals surface area contributed by atoms with Crippen molar-refractivity contribution < 1.29 is 9.21 Å². The van der Waals surface area contributed by atoms with Gasteiger partial charge >= 0.3 is 0 Å². The van der Waals surface area contributed by atoms with E-state index in [1.807, 2.05) is 110 Å². The fourth-order valence-corrected chi connectivity index (χ4v) is 4.20. The number of hydrogen-bond acceptors (Lipinski definition) is 4. The number of carbonyl (C=O) groups excluding carboxylic acids is 1. The maximum atomic E-state index is 13.0. The number of amides is 1. The lowest BCUT2D eigenvalue weighted by Gasteiger charge is -2.26. The Balaban J connectivity index is 1.54. The monoisotopic (exact) mass is 442 g/mol. The van der Waals surface area contributed by atoms with Crippen molar-refractivity contribution in [1.29, 1.82) is 0 Å². The minimum absolute atomic E-state index is 0.0644. The second kappa shape index (κ2) is 10.3. The molecule has 0 unspecified atom stereocenters. The zero-order valence-electron chi connectivity index (χ0n) is 18.3. The highest BCUT2D eigenvalue weighted by Crippen LogP contribution is 2.35. The Hall–Kier alpha value is -3.31. The number of oxazole rings is 1. The van der Waals surface area contributed by atoms with Crippen molar-refractivity contribution in [1.82, 2.24) is 9.88 Å². The van der Waals surface area contributed by atoms with E-state index < -0.39 is 0 Å². The predicted octanol–water partition coefficient (Wildman–Crippen LogP) is 6.54. The van der Waals surface area contributed by atoms with Crippen molar-refractivity contribution >= 4 is 17.7 Å². The van der Waals surface area contributed by atoms with Crippen LogP contribution in [0.4, 0.5) is 0 Å². The number of hydrogen-bond donors (Lipinski definition) is 0. The minimum atomic E-state index is 0.0644. The summed E-state index contributed by atoms with van der Waals surface area (Å²) in [7, 11) is 0. The molecular weight excluding hydrogens is 416 g/mol. The van der Waals surface area contributed by atoms with Crippen LogP contribution in [0.15, 0.2) is 101 Å². The molecule has 32 heavy (non-hydrogen) atoms. The van der Waals surface area contributed by atoms with Gasteiger partial charge in [0, 0.05) is 23.7 Å². The lowest BCUT2D eigenvalue weighted by Crippen LogP contribution is -2.37. The smallest absolute Gasteiger partial charge is 0.257 e. The number of carbonyl (C=O) groups is 1. The molecular formula is C27H26N2O2S. The van der Waals surface area contributed by atoms with Crippen molar-refractivity contribution in [3.63, 3.8) is 0 Å². The quantitative estimate of drug-likeness (QED) is 0.291. The topological polar surface area (TPSA) is 46.3 Å². The molecule has 162 valence electrons. The molecule has 0 saturated heterocycles. The van der Waals surface area contributed by atoms with Gasteiger partial charge in [0.25, 0.3) is 5.22 Å². The van der Waals surface area contributed by atoms with E-state index in [0.717, 1.165) is 28.1 Å². The van der Waals surface area contributed by atoms with Crippen LogP contribution in [0, 0.1) is 0 Å². The van der Waals surface area contributed by atoms with E-state index in [1.165, 1.54) is 11.8 Å². The van der Waals surface area contributed by atoms with Gasteiger partial charge in [0.2, 0.25) is 5.91 Å². The predicted molar refractivity (Wildman–Crippen MR) is 130 cm³/mol. The molecule has 0 saturated carbocycles. The molecule has 4 nitrogen and oxygen atoms in total. The molecule has 3 aromatic carbocycles. The number of rotatable bonds is 8. The summed E-state index contributed by atoms with van der Waals surface area (Å²) in [5.41, 5.74) is 3.86. The standard InChI is InChI=1S/C27H26N2O2S/c1-20(2)29(18-21-12-6-3-7-13-21)24(30)19-32-27-28-25(22-14-8-4-9-15-22)26(31-27)23-16-10-5-11-17-23/h3-17,20H,18-19H2,1-2H3. The summed E-state index contributed by atoms with van der Waals surface area (Å²) in [5, 5.41) is 0.500. The Bertz CT molecular complexity index is 1090. The number of nitrogens with zero attached hydrogens (tertiary/aromatic N) is 2. The van der Waals surface area contributed by atoms with Crippen LogP contribution in [-0.2, 0) is 11.3 Å². The van der Waals surface area contributed by atoms with E-state index >= 15 is 0 Å². The number of benzene rings is 3. The highest BCUT2D eigenvalue weighted by molar-refractivity contribution is 7.99. The Labute approximate surface area is 193 Å². The lowest BCUT2D eigenvalue weighted by atomic mass is 10.1. The van der Waals surface area contributed by atoms with Crippen molar-refractivity contribution in [2.24, 2.45) is 0 Å². The summed E-state index contributed by atoms with van der Waals surface area (Å²) >= 11 is 1.34. The minimum Gasteiger partial charge on any atom is -0.431 e. The molecule has 1 aromatic heterocycles. The van der Waals surface area contributed by atoms with E-state index in [-0.39, 0.29) is 17.7 Å². The Morgan fingerprint density at radius 2 is 1.44 bits per heavy atom. The van der Waals surface area contributed by atoms with Crippen molar-refractivity contribution in [2.75, 3.05) is 5.75 Å². The zero-order valence-corrected chi connectivity index (χ0v) is 19.1. The third kappa shape index (κ3) is 5.29. The highest BCUT2D eigenvalue weighted by Gasteiger charge is 2.21. The van der Waals surface area contributed by atoms with E-state index in [0.29, 0.717) is 11.8 Å². The first-order chi connectivity index (χ1) is 15.6. The van der Waals surface area contributed by atoms with Gasteiger partial charge in [0.1, 0.15) is 5.69 Å². The molecule has 1 amide bonds. The van der Waals surface area contributed by atoms with Crippen LogP contribution >= 0.6 is 11.8 Å². The van der Waals surface area contributed by atoms with Gasteiger partial charge in [-0.15, -0.1) is 0 Å². The molecule has 0 aliphatic heterocycles. The summed E-state index contributed by atoms with van der Waals surface area (Å²) in [6.07, 6.45) is 0. The van der Waals surface area contributed by atoms with Crippen molar-refractivity contribution in [2.45, 2.75) is 31.7 Å². The highest BCUT2D eigenvalue weighted by atomic mass is 32.2. The van der Waals surface area contributed by atoms with Crippen molar-refractivity contribution in [3.8, 4) is 22.6 Å². The Morgan fingerprint density at radius 1 is 0.875 bits per heavy atom. The molecule has 0 N–H and O–H groups in total. The van der Waals surface area contributed by atoms with E-state index in [4.69, 9.17) is 9.40 Å². The van der Waals surface area contributed by atoms with Gasteiger partial charge in [-0.25, -0.2) is 4.98 Å². The first-order valence-electron chi connectivity index (χ1n) is 10.7. The SMILES string of the molecule is CC(C)N(Cc1ccccc1)C(=O)CSc1nc(-c2ccccc2)c(-c2ccccc2)o1. The molecule has 0 fully saturated rings. The molecule has 0 aliphatic rings. The van der Waals surface area contributed by atoms with Crippen LogP contribution in [0.2, 0.25) is 0 Å². The molecule has 4 aromatic rings. The van der Waals surface area contributed by atoms with Crippen molar-refractivity contribution in [3.05, 3.63) is 96.6 Å². The van der Waals surface area contributed by atoms with Crippen LogP contribution in [0.3, 0.4) is 0 Å². The second-order valence-electron chi connectivity index (χ2n) is 7.78. The van der Waals surface area contributed by atoms with Gasteiger partial charge < -0.3 is 9.32 Å². The van der Waals surface area contributed by atoms with Gasteiger partial charge in [-0.3, -0.25) is 4.79 Å². The van der Waals surface area contributed by atoms with Gasteiger partial charge in [-0.05, 0) is 19.4 Å². The zero-order chi connectivity index (χ0) is 22.3. The fraction of sp³-hybridized carbons (Fsp3) is 0.185. The van der Waals surface area contributed by atoms with Crippen LogP contribution in [-0.4, -0.2) is 27.6 Å². The fourth-order valence-electron chi connectivity index (χ4n) is 3.48. The molecule has 4 rings (SSSR count).